The molecule has 0 atom stereocenters. The zero-order valence-electron chi connectivity index (χ0n) is 20.7. The first kappa shape index (κ1) is 25.1. The number of hydrogen-bond acceptors (Lipinski definition) is 4. The molecule has 0 saturated heterocycles. The van der Waals surface area contributed by atoms with Crippen molar-refractivity contribution in [2.24, 2.45) is 0 Å². The van der Waals surface area contributed by atoms with Crippen molar-refractivity contribution in [1.29, 1.82) is 0 Å². The Balaban J connectivity index is 1.79. The highest BCUT2D eigenvalue weighted by Gasteiger charge is 2.23. The normalized spacial score (nSPS) is 11.7. The third-order valence-electron chi connectivity index (χ3n) is 5.33. The van der Waals surface area contributed by atoms with Gasteiger partial charge in [-0.25, -0.2) is 9.59 Å². The molecule has 0 bridgehead atoms. The number of aromatic nitrogens is 1. The Bertz CT molecular complexity index is 1170. The number of nitrogens with zero attached hydrogens (tertiary/aromatic N) is 1. The number of carbonyl (C=O) groups is 2. The molecule has 180 valence electrons. The minimum absolute atomic E-state index is 0.337. The molecular weight excluding hydrogens is 428 g/mol. The van der Waals surface area contributed by atoms with Gasteiger partial charge in [0, 0.05) is 35.8 Å². The van der Waals surface area contributed by atoms with Gasteiger partial charge in [-0.15, -0.1) is 0 Å². The topological polar surface area (TPSA) is 71.6 Å². The van der Waals surface area contributed by atoms with E-state index in [1.165, 1.54) is 17.0 Å². The van der Waals surface area contributed by atoms with E-state index in [9.17, 15) is 9.59 Å². The summed E-state index contributed by atoms with van der Waals surface area (Å²) in [5, 5.41) is 1.18. The van der Waals surface area contributed by atoms with Crippen molar-refractivity contribution in [2.75, 3.05) is 13.2 Å². The monoisotopic (exact) mass is 462 g/mol. The Morgan fingerprint density at radius 3 is 2.59 bits per heavy atom. The van der Waals surface area contributed by atoms with Crippen LogP contribution in [0.4, 0.5) is 4.79 Å². The van der Waals surface area contributed by atoms with Gasteiger partial charge in [0.15, 0.2) is 0 Å². The fraction of sp³-hybridized carbons (Fsp3) is 0.357. The van der Waals surface area contributed by atoms with E-state index in [1.807, 2.05) is 57.2 Å². The van der Waals surface area contributed by atoms with Crippen LogP contribution in [-0.2, 0) is 27.2 Å². The predicted molar refractivity (Wildman–Crippen MR) is 135 cm³/mol. The molecule has 0 fully saturated rings. The second kappa shape index (κ2) is 11.1. The lowest BCUT2D eigenvalue weighted by Gasteiger charge is -2.27. The standard InChI is InChI=1S/C28H34N2O4/c1-6-33-26(31)15-14-21-10-9-11-22(18-21)19-30(27(32)34-28(3,4)5)17-16-23-20(2)29-25-13-8-7-12-24(23)25/h7-15,18,29H,6,16-17,19H2,1-5H3/b15-14+. The van der Waals surface area contributed by atoms with Crippen LogP contribution in [0.2, 0.25) is 0 Å². The van der Waals surface area contributed by atoms with Crippen molar-refractivity contribution < 1.29 is 19.1 Å². The Kier molecular flexibility index (Phi) is 8.16. The molecule has 1 amide bonds. The van der Waals surface area contributed by atoms with E-state index < -0.39 is 5.60 Å². The maximum absolute atomic E-state index is 13.1. The van der Waals surface area contributed by atoms with Crippen LogP contribution in [0.15, 0.2) is 54.6 Å². The maximum atomic E-state index is 13.1. The summed E-state index contributed by atoms with van der Waals surface area (Å²) in [4.78, 5) is 29.9. The number of para-hydroxylation sites is 1. The molecule has 0 radical (unpaired) electrons. The number of aryl methyl sites for hydroxylation is 1. The Hall–Kier alpha value is -3.54. The average molecular weight is 463 g/mol. The second-order valence-electron chi connectivity index (χ2n) is 9.26. The van der Waals surface area contributed by atoms with Gasteiger partial charge in [-0.2, -0.15) is 0 Å². The molecule has 1 N–H and O–H groups in total. The molecule has 0 aliphatic carbocycles. The predicted octanol–water partition coefficient (Wildman–Crippen LogP) is 6.03. The fourth-order valence-corrected chi connectivity index (χ4v) is 3.84. The van der Waals surface area contributed by atoms with Crippen molar-refractivity contribution in [3.63, 3.8) is 0 Å². The summed E-state index contributed by atoms with van der Waals surface area (Å²) in [6.45, 7) is 10.7. The molecular formula is C28H34N2O4. The highest BCUT2D eigenvalue weighted by Crippen LogP contribution is 2.23. The molecule has 6 nitrogen and oxygen atoms in total. The first-order chi connectivity index (χ1) is 16.2. The van der Waals surface area contributed by atoms with E-state index in [0.29, 0.717) is 26.1 Å². The van der Waals surface area contributed by atoms with E-state index >= 15 is 0 Å². The number of fused-ring (bicyclic) bond motifs is 1. The number of benzene rings is 2. The van der Waals surface area contributed by atoms with E-state index in [4.69, 9.17) is 9.47 Å². The van der Waals surface area contributed by atoms with E-state index in [2.05, 4.69) is 24.0 Å². The number of aromatic amines is 1. The molecule has 34 heavy (non-hydrogen) atoms. The summed E-state index contributed by atoms with van der Waals surface area (Å²) < 4.78 is 10.6. The van der Waals surface area contributed by atoms with Crippen molar-refractivity contribution in [1.82, 2.24) is 9.88 Å². The molecule has 0 aliphatic rings. The Morgan fingerprint density at radius 2 is 1.85 bits per heavy atom. The third-order valence-corrected chi connectivity index (χ3v) is 5.33. The maximum Gasteiger partial charge on any atom is 0.410 e. The number of carbonyl (C=O) groups excluding carboxylic acids is 2. The van der Waals surface area contributed by atoms with Gasteiger partial charge < -0.3 is 19.4 Å². The zero-order valence-corrected chi connectivity index (χ0v) is 20.7. The van der Waals surface area contributed by atoms with Crippen molar-refractivity contribution in [3.05, 3.63) is 77.0 Å². The van der Waals surface area contributed by atoms with Gasteiger partial charge in [-0.05, 0) is 75.9 Å². The first-order valence-corrected chi connectivity index (χ1v) is 11.6. The van der Waals surface area contributed by atoms with Crippen molar-refractivity contribution in [3.8, 4) is 0 Å². The van der Waals surface area contributed by atoms with Gasteiger partial charge in [0.2, 0.25) is 0 Å². The number of amides is 1. The van der Waals surface area contributed by atoms with Gasteiger partial charge in [0.05, 0.1) is 6.61 Å². The van der Waals surface area contributed by atoms with Crippen LogP contribution in [0.3, 0.4) is 0 Å². The van der Waals surface area contributed by atoms with E-state index in [1.54, 1.807) is 17.9 Å². The molecule has 1 heterocycles. The summed E-state index contributed by atoms with van der Waals surface area (Å²) in [6, 6.07) is 16.0. The smallest absolute Gasteiger partial charge is 0.410 e. The van der Waals surface area contributed by atoms with Crippen LogP contribution in [0, 0.1) is 6.92 Å². The lowest BCUT2D eigenvalue weighted by atomic mass is 10.1. The molecule has 3 aromatic rings. The van der Waals surface area contributed by atoms with E-state index in [0.717, 1.165) is 22.3 Å². The molecule has 3 rings (SSSR count). The SMILES string of the molecule is CCOC(=O)/C=C/c1cccc(CN(CCc2c(C)[nH]c3ccccc23)C(=O)OC(C)(C)C)c1. The Labute approximate surface area is 201 Å². The lowest BCUT2D eigenvalue weighted by Crippen LogP contribution is -2.37. The molecule has 0 spiro atoms. The van der Waals surface area contributed by atoms with Crippen LogP contribution >= 0.6 is 0 Å². The largest absolute Gasteiger partial charge is 0.463 e. The van der Waals surface area contributed by atoms with Gasteiger partial charge >= 0.3 is 12.1 Å². The highest BCUT2D eigenvalue weighted by molar-refractivity contribution is 5.87. The Morgan fingerprint density at radius 1 is 1.09 bits per heavy atom. The van der Waals surface area contributed by atoms with Gasteiger partial charge in [0.1, 0.15) is 5.60 Å². The minimum Gasteiger partial charge on any atom is -0.463 e. The molecule has 6 heteroatoms. The van der Waals surface area contributed by atoms with Crippen LogP contribution < -0.4 is 0 Å². The van der Waals surface area contributed by atoms with Crippen LogP contribution in [0.1, 0.15) is 50.1 Å². The van der Waals surface area contributed by atoms with Crippen molar-refractivity contribution >= 4 is 29.0 Å². The quantitative estimate of drug-likeness (QED) is 0.328. The number of nitrogens with one attached hydrogen (secondary N) is 1. The van der Waals surface area contributed by atoms with E-state index in [-0.39, 0.29) is 12.1 Å². The number of esters is 1. The molecule has 0 unspecified atom stereocenters. The van der Waals surface area contributed by atoms with Crippen molar-refractivity contribution in [2.45, 2.75) is 53.2 Å². The number of H-pyrrole nitrogens is 1. The number of hydrogen-bond donors (Lipinski definition) is 1. The first-order valence-electron chi connectivity index (χ1n) is 11.6. The summed E-state index contributed by atoms with van der Waals surface area (Å²) >= 11 is 0. The van der Waals surface area contributed by atoms with Gasteiger partial charge in [0.25, 0.3) is 0 Å². The van der Waals surface area contributed by atoms with Crippen LogP contribution in [0.25, 0.3) is 17.0 Å². The van der Waals surface area contributed by atoms with Gasteiger partial charge in [-0.3, -0.25) is 0 Å². The number of rotatable bonds is 8. The number of ether oxygens (including phenoxy) is 2. The molecule has 2 aromatic carbocycles. The fourth-order valence-electron chi connectivity index (χ4n) is 3.84. The average Bonchev–Trinajstić information content (AvgIpc) is 3.09. The van der Waals surface area contributed by atoms with Gasteiger partial charge in [-0.1, -0.05) is 36.4 Å². The summed E-state index contributed by atoms with van der Waals surface area (Å²) in [5.74, 6) is -0.377. The molecule has 0 saturated carbocycles. The van der Waals surface area contributed by atoms with Crippen LogP contribution in [0.5, 0.6) is 0 Å². The summed E-state index contributed by atoms with van der Waals surface area (Å²) in [7, 11) is 0. The minimum atomic E-state index is -0.587. The highest BCUT2D eigenvalue weighted by atomic mass is 16.6. The molecule has 1 aromatic heterocycles. The lowest BCUT2D eigenvalue weighted by molar-refractivity contribution is -0.137. The summed E-state index contributed by atoms with van der Waals surface area (Å²) in [6.07, 6.45) is 3.48. The molecule has 0 aliphatic heterocycles. The second-order valence-corrected chi connectivity index (χ2v) is 9.26. The summed E-state index contributed by atoms with van der Waals surface area (Å²) in [5.41, 5.74) is 4.64. The zero-order chi connectivity index (χ0) is 24.7. The third kappa shape index (κ3) is 6.98. The van der Waals surface area contributed by atoms with Crippen LogP contribution in [-0.4, -0.2) is 40.7 Å².